The Balaban J connectivity index is 2.15. The van der Waals surface area contributed by atoms with Crippen LogP contribution < -0.4 is 10.9 Å². The van der Waals surface area contributed by atoms with Crippen LogP contribution >= 0.6 is 0 Å². The standard InChI is InChI=1S/C18H21NO8/c1-18(2,3)27-17(25)19-8-12(20)14(21)9-4-5-13-10(6-9)7-11(15(22)23)16(24)26-13/h4-7,12,14,20-21H,8H2,1-3H3,(H,19,25)(H,22,23). The number of aromatic carboxylic acids is 1. The molecule has 146 valence electrons. The lowest BCUT2D eigenvalue weighted by atomic mass is 10.0. The monoisotopic (exact) mass is 379 g/mol. The molecular weight excluding hydrogens is 358 g/mol. The Morgan fingerprint density at radius 1 is 1.22 bits per heavy atom. The van der Waals surface area contributed by atoms with Crippen LogP contribution in [-0.4, -0.2) is 45.6 Å². The molecule has 2 atom stereocenters. The van der Waals surface area contributed by atoms with Crippen molar-refractivity contribution in [2.75, 3.05) is 6.54 Å². The van der Waals surface area contributed by atoms with Crippen molar-refractivity contribution in [3.05, 3.63) is 45.8 Å². The molecule has 9 nitrogen and oxygen atoms in total. The van der Waals surface area contributed by atoms with Crippen LogP contribution in [-0.2, 0) is 4.74 Å². The predicted molar refractivity (Wildman–Crippen MR) is 94.6 cm³/mol. The molecule has 0 aliphatic rings. The Labute approximate surface area is 154 Å². The Morgan fingerprint density at radius 3 is 2.48 bits per heavy atom. The molecule has 4 N–H and O–H groups in total. The van der Waals surface area contributed by atoms with Gasteiger partial charge in [-0.2, -0.15) is 0 Å². The maximum absolute atomic E-state index is 11.6. The number of hydrogen-bond donors (Lipinski definition) is 4. The highest BCUT2D eigenvalue weighted by Gasteiger charge is 2.22. The molecule has 1 aromatic carbocycles. The largest absolute Gasteiger partial charge is 0.477 e. The van der Waals surface area contributed by atoms with Gasteiger partial charge in [-0.25, -0.2) is 14.4 Å². The quantitative estimate of drug-likeness (QED) is 0.570. The Bertz CT molecular complexity index is 912. The zero-order valence-corrected chi connectivity index (χ0v) is 15.1. The first-order valence-electron chi connectivity index (χ1n) is 8.12. The summed E-state index contributed by atoms with van der Waals surface area (Å²) in [5.74, 6) is -1.43. The highest BCUT2D eigenvalue weighted by Crippen LogP contribution is 2.22. The fraction of sp³-hybridized carbons (Fsp3) is 0.389. The minimum absolute atomic E-state index is 0.141. The number of carbonyl (C=O) groups is 2. The average molecular weight is 379 g/mol. The fourth-order valence-corrected chi connectivity index (χ4v) is 2.31. The van der Waals surface area contributed by atoms with Crippen molar-refractivity contribution < 1.29 is 34.1 Å². The number of aliphatic hydroxyl groups is 2. The number of nitrogens with one attached hydrogen (secondary N) is 1. The van der Waals surface area contributed by atoms with Crippen LogP contribution in [0.3, 0.4) is 0 Å². The van der Waals surface area contributed by atoms with E-state index in [9.17, 15) is 24.6 Å². The van der Waals surface area contributed by atoms with E-state index < -0.39 is 41.1 Å². The van der Waals surface area contributed by atoms with Crippen molar-refractivity contribution in [2.45, 2.75) is 38.6 Å². The molecule has 0 fully saturated rings. The van der Waals surface area contributed by atoms with Gasteiger partial charge in [0.1, 0.15) is 29.0 Å². The van der Waals surface area contributed by atoms with E-state index in [4.69, 9.17) is 14.3 Å². The van der Waals surface area contributed by atoms with Gasteiger partial charge in [0.2, 0.25) is 0 Å². The Morgan fingerprint density at radius 2 is 1.89 bits per heavy atom. The fourth-order valence-electron chi connectivity index (χ4n) is 2.31. The zero-order valence-electron chi connectivity index (χ0n) is 15.1. The number of benzene rings is 1. The maximum atomic E-state index is 11.6. The van der Waals surface area contributed by atoms with E-state index in [1.165, 1.54) is 18.2 Å². The molecule has 2 rings (SSSR count). The molecule has 1 heterocycles. The van der Waals surface area contributed by atoms with Crippen LogP contribution in [0, 0.1) is 0 Å². The van der Waals surface area contributed by atoms with Gasteiger partial charge in [0.05, 0.1) is 0 Å². The summed E-state index contributed by atoms with van der Waals surface area (Å²) < 4.78 is 9.96. The number of ether oxygens (including phenoxy) is 1. The van der Waals surface area contributed by atoms with Crippen LogP contribution in [0.2, 0.25) is 0 Å². The maximum Gasteiger partial charge on any atom is 0.407 e. The minimum Gasteiger partial charge on any atom is -0.477 e. The first-order chi connectivity index (χ1) is 12.5. The third kappa shape index (κ3) is 5.28. The number of carboxylic acid groups (broad SMARTS) is 1. The van der Waals surface area contributed by atoms with E-state index in [1.54, 1.807) is 20.8 Å². The van der Waals surface area contributed by atoms with Crippen molar-refractivity contribution in [1.29, 1.82) is 0 Å². The van der Waals surface area contributed by atoms with E-state index >= 15 is 0 Å². The van der Waals surface area contributed by atoms with Crippen molar-refractivity contribution in [3.63, 3.8) is 0 Å². The van der Waals surface area contributed by atoms with Gasteiger partial charge in [0.25, 0.3) is 0 Å². The number of fused-ring (bicyclic) bond motifs is 1. The Kier molecular flexibility index (Phi) is 5.87. The van der Waals surface area contributed by atoms with Gasteiger partial charge in [-0.15, -0.1) is 0 Å². The van der Waals surface area contributed by atoms with Gasteiger partial charge in [-0.1, -0.05) is 6.07 Å². The third-order valence-electron chi connectivity index (χ3n) is 3.55. The molecule has 0 aliphatic heterocycles. The summed E-state index contributed by atoms with van der Waals surface area (Å²) in [6, 6.07) is 5.33. The molecule has 0 saturated heterocycles. The molecule has 0 radical (unpaired) electrons. The second-order valence-electron chi connectivity index (χ2n) is 6.94. The first-order valence-corrected chi connectivity index (χ1v) is 8.12. The van der Waals surface area contributed by atoms with Crippen LogP contribution in [0.15, 0.2) is 33.5 Å². The molecule has 2 aromatic rings. The topological polar surface area (TPSA) is 146 Å². The summed E-state index contributed by atoms with van der Waals surface area (Å²) in [6.07, 6.45) is -3.45. The second-order valence-corrected chi connectivity index (χ2v) is 6.94. The van der Waals surface area contributed by atoms with Crippen molar-refractivity contribution in [2.24, 2.45) is 0 Å². The lowest BCUT2D eigenvalue weighted by molar-refractivity contribution is 0.0130. The van der Waals surface area contributed by atoms with Gasteiger partial charge in [0, 0.05) is 11.9 Å². The number of aliphatic hydroxyl groups excluding tert-OH is 2. The summed E-state index contributed by atoms with van der Waals surface area (Å²) in [6.45, 7) is 4.81. The van der Waals surface area contributed by atoms with Crippen LogP contribution in [0.5, 0.6) is 0 Å². The van der Waals surface area contributed by atoms with Crippen LogP contribution in [0.1, 0.15) is 42.8 Å². The first kappa shape index (κ1) is 20.4. The molecule has 9 heteroatoms. The van der Waals surface area contributed by atoms with Gasteiger partial charge in [-0.3, -0.25) is 0 Å². The average Bonchev–Trinajstić information content (AvgIpc) is 2.56. The van der Waals surface area contributed by atoms with E-state index in [-0.39, 0.29) is 23.1 Å². The molecule has 27 heavy (non-hydrogen) atoms. The highest BCUT2D eigenvalue weighted by molar-refractivity contribution is 5.91. The number of hydrogen-bond acceptors (Lipinski definition) is 7. The van der Waals surface area contributed by atoms with E-state index in [1.807, 2.05) is 0 Å². The molecular formula is C18H21NO8. The number of carbonyl (C=O) groups excluding carboxylic acids is 1. The van der Waals surface area contributed by atoms with E-state index in [0.29, 0.717) is 0 Å². The van der Waals surface area contributed by atoms with E-state index in [0.717, 1.165) is 6.07 Å². The van der Waals surface area contributed by atoms with Crippen LogP contribution in [0.25, 0.3) is 11.0 Å². The lowest BCUT2D eigenvalue weighted by Crippen LogP contribution is -2.38. The molecule has 0 saturated carbocycles. The van der Waals surface area contributed by atoms with Gasteiger partial charge in [-0.05, 0) is 44.5 Å². The number of carboxylic acids is 1. The highest BCUT2D eigenvalue weighted by atomic mass is 16.6. The summed E-state index contributed by atoms with van der Waals surface area (Å²) in [4.78, 5) is 34.2. The smallest absolute Gasteiger partial charge is 0.407 e. The minimum atomic E-state index is -1.43. The summed E-state index contributed by atoms with van der Waals surface area (Å²) in [7, 11) is 0. The summed E-state index contributed by atoms with van der Waals surface area (Å²) in [5, 5.41) is 32.0. The number of rotatable bonds is 5. The molecule has 0 bridgehead atoms. The second kappa shape index (κ2) is 7.77. The lowest BCUT2D eigenvalue weighted by Gasteiger charge is -2.22. The summed E-state index contributed by atoms with van der Waals surface area (Å²) in [5.41, 5.74) is -1.82. The number of alkyl carbamates (subject to hydrolysis) is 1. The molecule has 0 spiro atoms. The summed E-state index contributed by atoms with van der Waals surface area (Å²) >= 11 is 0. The van der Waals surface area contributed by atoms with Crippen LogP contribution in [0.4, 0.5) is 4.79 Å². The van der Waals surface area contributed by atoms with Gasteiger partial charge >= 0.3 is 17.7 Å². The zero-order chi connectivity index (χ0) is 20.4. The van der Waals surface area contributed by atoms with Crippen molar-refractivity contribution >= 4 is 23.0 Å². The van der Waals surface area contributed by atoms with Crippen molar-refractivity contribution in [1.82, 2.24) is 5.32 Å². The molecule has 2 unspecified atom stereocenters. The number of amides is 1. The SMILES string of the molecule is CC(C)(C)OC(=O)NCC(O)C(O)c1ccc2oc(=O)c(C(=O)O)cc2c1. The Hall–Kier alpha value is -2.91. The van der Waals surface area contributed by atoms with E-state index in [2.05, 4.69) is 5.32 Å². The molecule has 1 amide bonds. The van der Waals surface area contributed by atoms with Gasteiger partial charge < -0.3 is 29.8 Å². The predicted octanol–water partition coefficient (Wildman–Crippen LogP) is 1.41. The van der Waals surface area contributed by atoms with Gasteiger partial charge in [0.15, 0.2) is 0 Å². The molecule has 1 aromatic heterocycles. The molecule has 0 aliphatic carbocycles. The third-order valence-corrected chi connectivity index (χ3v) is 3.55. The normalized spacial score (nSPS) is 13.8. The van der Waals surface area contributed by atoms with Crippen molar-refractivity contribution in [3.8, 4) is 0 Å².